The van der Waals surface area contributed by atoms with Crippen LogP contribution in [-0.2, 0) is 5.41 Å². The third-order valence-corrected chi connectivity index (χ3v) is 4.28. The van der Waals surface area contributed by atoms with Gasteiger partial charge in [-0.25, -0.2) is 0 Å². The van der Waals surface area contributed by atoms with Crippen LogP contribution >= 0.6 is 0 Å². The van der Waals surface area contributed by atoms with Gasteiger partial charge in [0.1, 0.15) is 11.4 Å². The molecule has 0 aliphatic carbocycles. The lowest BCUT2D eigenvalue weighted by atomic mass is 9.87. The van der Waals surface area contributed by atoms with E-state index in [9.17, 15) is 19.7 Å². The Balaban J connectivity index is 1.80. The lowest BCUT2D eigenvalue weighted by Crippen LogP contribution is -2.35. The molecule has 7 heteroatoms. The van der Waals surface area contributed by atoms with Crippen molar-refractivity contribution < 1.29 is 4.92 Å². The van der Waals surface area contributed by atoms with E-state index >= 15 is 0 Å². The summed E-state index contributed by atoms with van der Waals surface area (Å²) in [5, 5.41) is 16.5. The summed E-state index contributed by atoms with van der Waals surface area (Å²) in [5.74, 6) is 0. The van der Waals surface area contributed by atoms with Gasteiger partial charge < -0.3 is 10.6 Å². The molecule has 0 bridgehead atoms. The van der Waals surface area contributed by atoms with Crippen LogP contribution in [0.4, 0.5) is 28.4 Å². The van der Waals surface area contributed by atoms with E-state index in [1.54, 1.807) is 0 Å². The Kier molecular flexibility index (Phi) is 4.53. The molecule has 3 rings (SSSR count). The first kappa shape index (κ1) is 18.3. The normalized spacial score (nSPS) is 11.4. The van der Waals surface area contributed by atoms with Crippen LogP contribution in [0.5, 0.6) is 0 Å². The molecule has 138 valence electrons. The quantitative estimate of drug-likeness (QED) is 0.403. The number of hydrogen-bond acceptors (Lipinski definition) is 6. The van der Waals surface area contributed by atoms with Crippen molar-refractivity contribution >= 4 is 28.4 Å². The van der Waals surface area contributed by atoms with Gasteiger partial charge in [-0.3, -0.25) is 19.7 Å². The van der Waals surface area contributed by atoms with Crippen molar-refractivity contribution in [1.82, 2.24) is 0 Å². The summed E-state index contributed by atoms with van der Waals surface area (Å²) in [5.41, 5.74) is 1.41. The second-order valence-electron chi connectivity index (χ2n) is 7.29. The van der Waals surface area contributed by atoms with Crippen LogP contribution in [0.2, 0.25) is 0 Å². The highest BCUT2D eigenvalue weighted by atomic mass is 16.6. The smallest absolute Gasteiger partial charge is 0.269 e. The molecule has 2 N–H and O–H groups in total. The van der Waals surface area contributed by atoms with E-state index in [2.05, 4.69) is 31.4 Å². The molecule has 0 radical (unpaired) electrons. The maximum atomic E-state index is 11.9. The maximum Gasteiger partial charge on any atom is 0.269 e. The van der Waals surface area contributed by atoms with Crippen molar-refractivity contribution in [2.75, 3.05) is 10.6 Å². The first-order chi connectivity index (χ1) is 12.7. The van der Waals surface area contributed by atoms with Crippen LogP contribution in [-0.4, -0.2) is 4.92 Å². The number of rotatable bonds is 5. The van der Waals surface area contributed by atoms with E-state index in [0.29, 0.717) is 11.4 Å². The fourth-order valence-corrected chi connectivity index (χ4v) is 2.64. The monoisotopic (exact) mass is 365 g/mol. The number of hydrogen-bond donors (Lipinski definition) is 2. The Morgan fingerprint density at radius 2 is 1.19 bits per heavy atom. The topological polar surface area (TPSA) is 101 Å². The number of nitro benzene ring substituents is 1. The number of anilines is 4. The van der Waals surface area contributed by atoms with E-state index in [-0.39, 0.29) is 22.5 Å². The summed E-state index contributed by atoms with van der Waals surface area (Å²) in [6, 6.07) is 13.3. The van der Waals surface area contributed by atoms with Crippen LogP contribution in [0.1, 0.15) is 26.3 Å². The van der Waals surface area contributed by atoms with Gasteiger partial charge in [-0.2, -0.15) is 0 Å². The molecule has 0 aromatic heterocycles. The van der Waals surface area contributed by atoms with Gasteiger partial charge in [-0.15, -0.1) is 0 Å². The lowest BCUT2D eigenvalue weighted by Gasteiger charge is -2.20. The molecule has 0 heterocycles. The molecule has 3 aromatic carbocycles. The fourth-order valence-electron chi connectivity index (χ4n) is 2.64. The summed E-state index contributed by atoms with van der Waals surface area (Å²) >= 11 is 0. The third kappa shape index (κ3) is 3.72. The van der Waals surface area contributed by atoms with Crippen LogP contribution in [0.3, 0.4) is 0 Å². The van der Waals surface area contributed by atoms with Crippen molar-refractivity contribution in [3.63, 3.8) is 0 Å². The molecule has 0 aliphatic heterocycles. The molecule has 7 nitrogen and oxygen atoms in total. The molecule has 0 unspecified atom stereocenters. The lowest BCUT2D eigenvalue weighted by molar-refractivity contribution is -0.384. The Morgan fingerprint density at radius 1 is 0.778 bits per heavy atom. The summed E-state index contributed by atoms with van der Waals surface area (Å²) in [4.78, 5) is 34.0. The zero-order chi connectivity index (χ0) is 19.8. The third-order valence-electron chi connectivity index (χ3n) is 4.28. The zero-order valence-corrected chi connectivity index (χ0v) is 15.2. The first-order valence-electron chi connectivity index (χ1n) is 8.39. The molecule has 0 atom stereocenters. The van der Waals surface area contributed by atoms with Crippen LogP contribution in [0.15, 0.2) is 58.1 Å². The molecular weight excluding hydrogens is 346 g/mol. The van der Waals surface area contributed by atoms with Crippen molar-refractivity contribution in [1.29, 1.82) is 0 Å². The summed E-state index contributed by atoms with van der Waals surface area (Å²) < 4.78 is 0. The van der Waals surface area contributed by atoms with Crippen molar-refractivity contribution in [2.24, 2.45) is 0 Å². The molecule has 0 saturated carbocycles. The molecule has 0 saturated heterocycles. The molecule has 3 aromatic rings. The van der Waals surface area contributed by atoms with Crippen molar-refractivity contribution in [2.45, 2.75) is 26.2 Å². The highest BCUT2D eigenvalue weighted by molar-refractivity contribution is 5.82. The average Bonchev–Trinajstić information content (AvgIpc) is 2.64. The van der Waals surface area contributed by atoms with Gasteiger partial charge in [-0.05, 0) is 35.2 Å². The van der Waals surface area contributed by atoms with Gasteiger partial charge in [0.05, 0.1) is 4.92 Å². The van der Waals surface area contributed by atoms with E-state index in [1.807, 2.05) is 24.3 Å². The second kappa shape index (κ2) is 6.68. The van der Waals surface area contributed by atoms with Crippen LogP contribution < -0.4 is 21.5 Å². The summed E-state index contributed by atoms with van der Waals surface area (Å²) in [6.45, 7) is 6.33. The van der Waals surface area contributed by atoms with Gasteiger partial charge >= 0.3 is 0 Å². The first-order valence-corrected chi connectivity index (χ1v) is 8.39. The van der Waals surface area contributed by atoms with Crippen LogP contribution in [0, 0.1) is 10.1 Å². The standard InChI is InChI=1S/C20H19N3O4/c1-20(2,3)12-4-6-13(7-5-12)21-16-17(19(25)18(16)24)22-14-8-10-15(11-9-14)23(26)27/h4-11,21-22H,1-3H3. The number of nitrogens with zero attached hydrogens (tertiary/aromatic N) is 1. The Hall–Kier alpha value is -3.48. The van der Waals surface area contributed by atoms with E-state index < -0.39 is 15.8 Å². The van der Waals surface area contributed by atoms with E-state index in [1.165, 1.54) is 24.3 Å². The molecule has 0 fully saturated rings. The minimum absolute atomic E-state index is 0.0166. The maximum absolute atomic E-state index is 11.9. The van der Waals surface area contributed by atoms with E-state index in [4.69, 9.17) is 0 Å². The second-order valence-corrected chi connectivity index (χ2v) is 7.29. The van der Waals surface area contributed by atoms with Gasteiger partial charge in [0.2, 0.25) is 0 Å². The SMILES string of the molecule is CC(C)(C)c1ccc(Nc2c(Nc3ccc([N+](=O)[O-])cc3)c(=O)c2=O)cc1. The van der Waals surface area contributed by atoms with Gasteiger partial charge in [0, 0.05) is 23.5 Å². The van der Waals surface area contributed by atoms with Crippen molar-refractivity contribution in [3.05, 3.63) is 84.7 Å². The van der Waals surface area contributed by atoms with Gasteiger partial charge in [-0.1, -0.05) is 32.9 Å². The Morgan fingerprint density at radius 3 is 1.56 bits per heavy atom. The zero-order valence-electron chi connectivity index (χ0n) is 15.2. The van der Waals surface area contributed by atoms with Crippen molar-refractivity contribution in [3.8, 4) is 0 Å². The Labute approximate surface area is 155 Å². The van der Waals surface area contributed by atoms with Gasteiger partial charge in [0.25, 0.3) is 16.5 Å². The largest absolute Gasteiger partial charge is 0.350 e. The Bertz CT molecular complexity index is 1050. The number of nitrogens with one attached hydrogen (secondary N) is 2. The number of benzene rings is 2. The summed E-state index contributed by atoms with van der Waals surface area (Å²) in [6.07, 6.45) is 0. The predicted molar refractivity (Wildman–Crippen MR) is 106 cm³/mol. The minimum atomic E-state index is -0.623. The minimum Gasteiger partial charge on any atom is -0.350 e. The highest BCUT2D eigenvalue weighted by Gasteiger charge is 2.22. The number of nitro groups is 1. The molecular formula is C20H19N3O4. The van der Waals surface area contributed by atoms with Gasteiger partial charge in [0.15, 0.2) is 0 Å². The fraction of sp³-hybridized carbons (Fsp3) is 0.200. The average molecular weight is 365 g/mol. The van der Waals surface area contributed by atoms with E-state index in [0.717, 1.165) is 5.56 Å². The number of non-ortho nitro benzene ring substituents is 1. The molecule has 27 heavy (non-hydrogen) atoms. The molecule has 0 spiro atoms. The highest BCUT2D eigenvalue weighted by Crippen LogP contribution is 2.27. The van der Waals surface area contributed by atoms with Crippen LogP contribution in [0.25, 0.3) is 0 Å². The summed E-state index contributed by atoms with van der Waals surface area (Å²) in [7, 11) is 0. The molecule has 0 amide bonds. The molecule has 0 aliphatic rings. The predicted octanol–water partition coefficient (Wildman–Crippen LogP) is 3.98.